The maximum Gasteiger partial charge on any atom is 0.239 e. The van der Waals surface area contributed by atoms with Crippen LogP contribution in [0.2, 0.25) is 0 Å². The number of fused-ring (bicyclic) bond motifs is 1. The minimum Gasteiger partial charge on any atom is -0.508 e. The van der Waals surface area contributed by atoms with Crippen molar-refractivity contribution < 1.29 is 98.9 Å². The number of rotatable bonds is 10. The highest BCUT2D eigenvalue weighted by atomic mass is 16.8. The number of aliphatic hydroxyl groups is 9. The van der Waals surface area contributed by atoms with E-state index in [4.69, 9.17) is 37.6 Å². The largest absolute Gasteiger partial charge is 0.508 e. The number of benzene rings is 2. The van der Waals surface area contributed by atoms with Crippen LogP contribution in [0, 0.1) is 0 Å². The Labute approximate surface area is 309 Å². The van der Waals surface area contributed by atoms with Gasteiger partial charge in [-0.15, -0.1) is 0 Å². The first-order valence-corrected chi connectivity index (χ1v) is 16.9. The molecule has 0 amide bonds. The van der Waals surface area contributed by atoms with Crippen molar-refractivity contribution in [2.45, 2.75) is 99.0 Å². The third kappa shape index (κ3) is 7.52. The lowest BCUT2D eigenvalue weighted by Gasteiger charge is -2.48. The fourth-order valence-corrected chi connectivity index (χ4v) is 6.57. The normalized spacial score (nSPS) is 36.8. The number of phenolic OH excluding ortho intramolecular Hbond substituents is 3. The van der Waals surface area contributed by atoms with E-state index in [0.717, 1.165) is 13.2 Å². The lowest BCUT2D eigenvalue weighted by Crippen LogP contribution is -2.67. The summed E-state index contributed by atoms with van der Waals surface area (Å²) in [5.41, 5.74) is -1.48. The molecule has 3 fully saturated rings. The van der Waals surface area contributed by atoms with Crippen molar-refractivity contribution in [3.63, 3.8) is 0 Å². The minimum absolute atomic E-state index is 0.0646. The third-order valence-corrected chi connectivity index (χ3v) is 9.64. The van der Waals surface area contributed by atoms with E-state index < -0.39 is 145 Å². The van der Waals surface area contributed by atoms with Gasteiger partial charge in [0, 0.05) is 11.6 Å². The van der Waals surface area contributed by atoms with Crippen LogP contribution in [-0.4, -0.2) is 174 Å². The predicted molar refractivity (Wildman–Crippen MR) is 178 cm³/mol. The summed E-state index contributed by atoms with van der Waals surface area (Å²) in [6.07, 6.45) is -27.2. The van der Waals surface area contributed by atoms with E-state index in [9.17, 15) is 66.1 Å². The number of hydrogen-bond donors (Lipinski definition) is 12. The van der Waals surface area contributed by atoms with Crippen molar-refractivity contribution >= 4 is 11.0 Å². The summed E-state index contributed by atoms with van der Waals surface area (Å²) in [4.78, 5) is 14.3. The molecule has 3 aliphatic heterocycles. The van der Waals surface area contributed by atoms with Gasteiger partial charge in [0.2, 0.25) is 23.2 Å². The van der Waals surface area contributed by atoms with E-state index in [2.05, 4.69) is 0 Å². The highest BCUT2D eigenvalue weighted by Gasteiger charge is 2.55. The molecule has 15 atom stereocenters. The molecule has 4 heterocycles. The number of phenols is 3. The lowest BCUT2D eigenvalue weighted by molar-refractivity contribution is -0.383. The number of methoxy groups -OCH3 is 1. The Balaban J connectivity index is 1.50. The molecule has 55 heavy (non-hydrogen) atoms. The zero-order valence-electron chi connectivity index (χ0n) is 29.0. The second-order valence-corrected chi connectivity index (χ2v) is 13.2. The van der Waals surface area contributed by atoms with Crippen LogP contribution in [0.5, 0.6) is 28.7 Å². The molecule has 3 aliphatic rings. The van der Waals surface area contributed by atoms with Crippen molar-refractivity contribution in [3.8, 4) is 40.1 Å². The second-order valence-electron chi connectivity index (χ2n) is 13.2. The van der Waals surface area contributed by atoms with Gasteiger partial charge in [-0.1, -0.05) is 0 Å². The number of aliphatic hydroxyl groups excluding tert-OH is 9. The first-order chi connectivity index (χ1) is 26.1. The molecular weight excluding hydrogens is 744 g/mol. The molecule has 1 aromatic heterocycles. The van der Waals surface area contributed by atoms with Gasteiger partial charge >= 0.3 is 0 Å². The van der Waals surface area contributed by atoms with E-state index in [1.807, 2.05) is 0 Å². The summed E-state index contributed by atoms with van der Waals surface area (Å²) in [6.45, 7) is -0.483. The van der Waals surface area contributed by atoms with Crippen LogP contribution in [-0.2, 0) is 23.7 Å². The molecule has 2 aromatic carbocycles. The molecule has 0 bridgehead atoms. The third-order valence-electron chi connectivity index (χ3n) is 9.64. The van der Waals surface area contributed by atoms with Crippen LogP contribution in [0.1, 0.15) is 6.92 Å². The molecular formula is C34H42O21. The zero-order chi connectivity index (χ0) is 40.0. The Kier molecular flexibility index (Phi) is 12.1. The Morgan fingerprint density at radius 3 is 1.84 bits per heavy atom. The maximum atomic E-state index is 14.3. The molecule has 0 aliphatic carbocycles. The topological polar surface area (TPSA) is 338 Å². The van der Waals surface area contributed by atoms with Gasteiger partial charge in [0.1, 0.15) is 77.9 Å². The van der Waals surface area contributed by atoms with Gasteiger partial charge in [-0.3, -0.25) is 4.79 Å². The van der Waals surface area contributed by atoms with E-state index in [0.29, 0.717) is 0 Å². The number of aromatic hydroxyl groups is 3. The molecule has 304 valence electrons. The smallest absolute Gasteiger partial charge is 0.239 e. The summed E-state index contributed by atoms with van der Waals surface area (Å²) >= 11 is 0. The first-order valence-electron chi connectivity index (χ1n) is 16.9. The summed E-state index contributed by atoms with van der Waals surface area (Å²) < 4.78 is 46.2. The lowest BCUT2D eigenvalue weighted by atomic mass is 9.96. The molecule has 3 aromatic rings. The van der Waals surface area contributed by atoms with Gasteiger partial charge in [0.05, 0.1) is 26.4 Å². The SMILES string of the molecule is COc1c(O)cc(O)c2c(=O)c(O[C@@H]3O[C@H](CO)[C@@H](O)[C@H](O[C@@H]4O[C@H](CO)[C@@H](O)[C@H](O)[C@H]4O)[C@H]3O[C@@H]3O[C@@H](C)[C@H](O)[C@@H](O)[C@H]3O)c(-c3ccc(O)cc3)oc12. The Hall–Kier alpha value is -3.91. The summed E-state index contributed by atoms with van der Waals surface area (Å²) in [6, 6.07) is 5.88. The van der Waals surface area contributed by atoms with Gasteiger partial charge in [-0.05, 0) is 31.2 Å². The summed E-state index contributed by atoms with van der Waals surface area (Å²) in [5, 5.41) is 125. The fraction of sp³-hybridized carbons (Fsp3) is 0.559. The van der Waals surface area contributed by atoms with Crippen molar-refractivity contribution in [2.75, 3.05) is 20.3 Å². The molecule has 6 rings (SSSR count). The van der Waals surface area contributed by atoms with Crippen LogP contribution in [0.3, 0.4) is 0 Å². The maximum absolute atomic E-state index is 14.3. The fourth-order valence-electron chi connectivity index (χ4n) is 6.57. The van der Waals surface area contributed by atoms with Gasteiger partial charge < -0.3 is 98.9 Å². The summed E-state index contributed by atoms with van der Waals surface area (Å²) in [7, 11) is 1.16. The monoisotopic (exact) mass is 786 g/mol. The zero-order valence-corrected chi connectivity index (χ0v) is 29.0. The van der Waals surface area contributed by atoms with Crippen LogP contribution in [0.15, 0.2) is 39.5 Å². The van der Waals surface area contributed by atoms with Gasteiger partial charge in [-0.25, -0.2) is 0 Å². The first kappa shape index (κ1) is 40.7. The highest BCUT2D eigenvalue weighted by molar-refractivity contribution is 5.93. The van der Waals surface area contributed by atoms with Gasteiger partial charge in [0.15, 0.2) is 35.8 Å². The summed E-state index contributed by atoms with van der Waals surface area (Å²) in [5.74, 6) is -3.09. The van der Waals surface area contributed by atoms with Crippen LogP contribution in [0.25, 0.3) is 22.3 Å². The Morgan fingerprint density at radius 1 is 0.655 bits per heavy atom. The van der Waals surface area contributed by atoms with Crippen molar-refractivity contribution in [1.29, 1.82) is 0 Å². The van der Waals surface area contributed by atoms with Crippen molar-refractivity contribution in [3.05, 3.63) is 40.6 Å². The van der Waals surface area contributed by atoms with E-state index in [1.54, 1.807) is 0 Å². The standard InChI is InChI=1S/C34H42O21/c1-10-18(40)22(44)24(46)32(49-10)55-31-29(53-33-25(47)23(45)19(41)15(8-35)50-33)20(42)16(9-36)51-34(31)54-30-21(43)17-13(38)7-14(39)27(48-2)28(17)52-26(30)11-3-5-12(37)6-4-11/h3-7,10,15-16,18-20,22-25,29,31-42,44-47H,8-9H2,1-2H3/t10-,15+,16+,18-,19+,20+,22+,23-,24+,25+,29-,31+,32-,33-,34-/m0/s1. The van der Waals surface area contributed by atoms with Crippen molar-refractivity contribution in [1.82, 2.24) is 0 Å². The van der Waals surface area contributed by atoms with Crippen molar-refractivity contribution in [2.24, 2.45) is 0 Å². The van der Waals surface area contributed by atoms with E-state index in [-0.39, 0.29) is 17.1 Å². The minimum atomic E-state index is -2.04. The van der Waals surface area contributed by atoms with Gasteiger partial charge in [0.25, 0.3) is 0 Å². The van der Waals surface area contributed by atoms with Crippen LogP contribution >= 0.6 is 0 Å². The molecule has 3 saturated heterocycles. The molecule has 12 N–H and O–H groups in total. The molecule has 21 heteroatoms. The second kappa shape index (κ2) is 16.3. The molecule has 21 nitrogen and oxygen atoms in total. The molecule has 0 radical (unpaired) electrons. The average molecular weight is 787 g/mol. The molecule has 0 saturated carbocycles. The number of ether oxygens (including phenoxy) is 7. The quantitative estimate of drug-likeness (QED) is 0.0946. The highest BCUT2D eigenvalue weighted by Crippen LogP contribution is 2.44. The van der Waals surface area contributed by atoms with E-state index in [1.165, 1.54) is 31.2 Å². The Morgan fingerprint density at radius 2 is 1.22 bits per heavy atom. The predicted octanol–water partition coefficient (Wildman–Crippen LogP) is -3.56. The average Bonchev–Trinajstić information content (AvgIpc) is 3.16. The van der Waals surface area contributed by atoms with E-state index >= 15 is 0 Å². The van der Waals surface area contributed by atoms with Crippen LogP contribution < -0.4 is 14.9 Å². The van der Waals surface area contributed by atoms with Crippen LogP contribution in [0.4, 0.5) is 0 Å². The number of hydrogen-bond acceptors (Lipinski definition) is 21. The molecule has 0 spiro atoms. The Bertz CT molecular complexity index is 1850. The molecule has 0 unspecified atom stereocenters. The van der Waals surface area contributed by atoms with Gasteiger partial charge in [-0.2, -0.15) is 0 Å².